The Balaban J connectivity index is 0.000000509. The summed E-state index contributed by atoms with van der Waals surface area (Å²) < 4.78 is 0. The maximum absolute atomic E-state index is 4.08. The average molecular weight is 501 g/mol. The number of hydrogen-bond donors (Lipinski definition) is 0. The van der Waals surface area contributed by atoms with Crippen LogP contribution in [0.1, 0.15) is 97.3 Å². The largest absolute Gasteiger partial charge is 0.318 e. The molecule has 0 saturated carbocycles. The highest BCUT2D eigenvalue weighted by Crippen LogP contribution is 2.22. The standard InChI is InChI=1S/C12H16N2.C12H14.C7H12.C4H10/c1-5-11(4)14(10(2)3)12-7-6-8-13-9-12;1-4-5-6-12-8-7-10(2)9-11(12)3;1-7-5-3-2-4-6-7;1-4(2)3/h6-9H,2,4-5H2,1,3H3;7-9H,4H2,1-3H3;3,5,7H,2,4,6H2,1H3;4H,1-3H3. The first-order valence-corrected chi connectivity index (χ1v) is 13.8. The number of nitrogens with zero attached hydrogens (tertiary/aromatic N) is 2. The maximum atomic E-state index is 4.08. The van der Waals surface area contributed by atoms with E-state index >= 15 is 0 Å². The van der Waals surface area contributed by atoms with Crippen LogP contribution in [0.15, 0.2) is 79.4 Å². The minimum absolute atomic E-state index is 0.833. The number of hydrogen-bond acceptors (Lipinski definition) is 2. The first-order valence-electron chi connectivity index (χ1n) is 13.8. The second-order valence-electron chi connectivity index (χ2n) is 10.2. The molecule has 1 heterocycles. The average Bonchev–Trinajstić information content (AvgIpc) is 2.85. The van der Waals surface area contributed by atoms with Gasteiger partial charge in [-0.15, -0.1) is 0 Å². The molecule has 0 N–H and O–H groups in total. The summed E-state index contributed by atoms with van der Waals surface area (Å²) in [6.07, 6.45) is 14.1. The van der Waals surface area contributed by atoms with Crippen LogP contribution in [0.4, 0.5) is 5.69 Å². The molecule has 1 unspecified atom stereocenters. The van der Waals surface area contributed by atoms with Gasteiger partial charge in [0.1, 0.15) is 0 Å². The van der Waals surface area contributed by atoms with E-state index in [1.54, 1.807) is 6.20 Å². The molecule has 1 aromatic carbocycles. The van der Waals surface area contributed by atoms with Crippen LogP contribution in [0, 0.1) is 37.5 Å². The quantitative estimate of drug-likeness (QED) is 0.306. The van der Waals surface area contributed by atoms with Crippen LogP contribution in [0.2, 0.25) is 0 Å². The summed E-state index contributed by atoms with van der Waals surface area (Å²) in [7, 11) is 0. The van der Waals surface area contributed by atoms with Gasteiger partial charge in [0.15, 0.2) is 0 Å². The minimum Gasteiger partial charge on any atom is -0.318 e. The van der Waals surface area contributed by atoms with Gasteiger partial charge in [-0.3, -0.25) is 4.98 Å². The minimum atomic E-state index is 0.833. The van der Waals surface area contributed by atoms with E-state index in [0.717, 1.165) is 47.3 Å². The lowest BCUT2D eigenvalue weighted by Gasteiger charge is -2.25. The van der Waals surface area contributed by atoms with Crippen LogP contribution in [0.25, 0.3) is 0 Å². The molecule has 0 bridgehead atoms. The van der Waals surface area contributed by atoms with Crippen molar-refractivity contribution in [2.45, 2.75) is 94.4 Å². The number of benzene rings is 1. The number of rotatable bonds is 4. The van der Waals surface area contributed by atoms with Gasteiger partial charge >= 0.3 is 0 Å². The summed E-state index contributed by atoms with van der Waals surface area (Å²) in [5, 5.41) is 0. The van der Waals surface area contributed by atoms with Gasteiger partial charge in [-0.25, -0.2) is 0 Å². The third kappa shape index (κ3) is 16.3. The van der Waals surface area contributed by atoms with E-state index in [1.165, 1.54) is 30.4 Å². The smallest absolute Gasteiger partial charge is 0.0637 e. The Kier molecular flexibility index (Phi) is 18.4. The Hall–Kier alpha value is -3.05. The van der Waals surface area contributed by atoms with Gasteiger partial charge in [-0.1, -0.05) is 96.4 Å². The fraction of sp³-hybridized carbons (Fsp3) is 0.457. The summed E-state index contributed by atoms with van der Waals surface area (Å²) in [5.74, 6) is 7.90. The molecule has 0 spiro atoms. The van der Waals surface area contributed by atoms with Gasteiger partial charge in [0.05, 0.1) is 11.9 Å². The summed E-state index contributed by atoms with van der Waals surface area (Å²) in [5.41, 5.74) is 6.75. The molecular formula is C35H52N2. The Morgan fingerprint density at radius 2 is 1.81 bits per heavy atom. The molecule has 0 amide bonds. The van der Waals surface area contributed by atoms with Crippen LogP contribution in [0.3, 0.4) is 0 Å². The molecular weight excluding hydrogens is 448 g/mol. The van der Waals surface area contributed by atoms with Crippen molar-refractivity contribution in [3.8, 4) is 11.8 Å². The lowest BCUT2D eigenvalue weighted by molar-refractivity contribution is 0.584. The van der Waals surface area contributed by atoms with Gasteiger partial charge in [0.25, 0.3) is 0 Å². The normalized spacial score (nSPS) is 13.3. The Morgan fingerprint density at radius 1 is 1.14 bits per heavy atom. The maximum Gasteiger partial charge on any atom is 0.0637 e. The number of aryl methyl sites for hydroxylation is 2. The summed E-state index contributed by atoms with van der Waals surface area (Å²) in [6.45, 7) is 27.0. The van der Waals surface area contributed by atoms with Crippen molar-refractivity contribution < 1.29 is 0 Å². The van der Waals surface area contributed by atoms with E-state index < -0.39 is 0 Å². The Bertz CT molecular complexity index is 1000. The van der Waals surface area contributed by atoms with Crippen molar-refractivity contribution >= 4 is 5.69 Å². The monoisotopic (exact) mass is 500 g/mol. The number of aromatic nitrogens is 1. The molecule has 0 aliphatic heterocycles. The molecule has 0 fully saturated rings. The number of allylic oxidation sites excluding steroid dienone is 4. The second kappa shape index (κ2) is 20.1. The van der Waals surface area contributed by atoms with Crippen LogP contribution in [-0.2, 0) is 0 Å². The molecule has 2 heteroatoms. The zero-order chi connectivity index (χ0) is 28.2. The van der Waals surface area contributed by atoms with Gasteiger partial charge in [-0.2, -0.15) is 0 Å². The van der Waals surface area contributed by atoms with Crippen molar-refractivity contribution in [1.29, 1.82) is 0 Å². The highest BCUT2D eigenvalue weighted by molar-refractivity contribution is 5.55. The molecule has 202 valence electrons. The first kappa shape index (κ1) is 34.0. The van der Waals surface area contributed by atoms with Gasteiger partial charge in [0.2, 0.25) is 0 Å². The molecule has 1 aliphatic carbocycles. The van der Waals surface area contributed by atoms with E-state index in [1.807, 2.05) is 30.2 Å². The molecule has 2 nitrogen and oxygen atoms in total. The zero-order valence-electron chi connectivity index (χ0n) is 25.2. The number of pyridine rings is 1. The van der Waals surface area contributed by atoms with Crippen molar-refractivity contribution in [3.63, 3.8) is 0 Å². The third-order valence-corrected chi connectivity index (χ3v) is 5.29. The predicted octanol–water partition coefficient (Wildman–Crippen LogP) is 10.4. The molecule has 1 aromatic heterocycles. The van der Waals surface area contributed by atoms with Gasteiger partial charge in [-0.05, 0) is 82.1 Å². The number of anilines is 1. The first-order chi connectivity index (χ1) is 17.5. The fourth-order valence-corrected chi connectivity index (χ4v) is 3.44. The highest BCUT2D eigenvalue weighted by Gasteiger charge is 2.09. The van der Waals surface area contributed by atoms with Gasteiger partial charge < -0.3 is 4.90 Å². The fourth-order valence-electron chi connectivity index (χ4n) is 3.44. The predicted molar refractivity (Wildman–Crippen MR) is 167 cm³/mol. The SMILES string of the molecule is C=C(C)N(C(=C)CC)c1cccnc1.CC(C)C.CC1C=CCCC1.CCC#Cc1ccc(C)cc1C. The van der Waals surface area contributed by atoms with E-state index in [9.17, 15) is 0 Å². The van der Waals surface area contributed by atoms with Crippen molar-refractivity contribution in [3.05, 3.63) is 96.1 Å². The van der Waals surface area contributed by atoms with Crippen molar-refractivity contribution in [2.75, 3.05) is 4.90 Å². The summed E-state index contributed by atoms with van der Waals surface area (Å²) in [4.78, 5) is 6.10. The van der Waals surface area contributed by atoms with E-state index in [4.69, 9.17) is 0 Å². The molecule has 0 radical (unpaired) electrons. The Morgan fingerprint density at radius 3 is 2.22 bits per heavy atom. The topological polar surface area (TPSA) is 16.1 Å². The molecule has 37 heavy (non-hydrogen) atoms. The van der Waals surface area contributed by atoms with Crippen LogP contribution < -0.4 is 4.90 Å². The van der Waals surface area contributed by atoms with E-state index in [0.29, 0.717) is 0 Å². The molecule has 2 aromatic rings. The van der Waals surface area contributed by atoms with Crippen molar-refractivity contribution in [1.82, 2.24) is 4.98 Å². The third-order valence-electron chi connectivity index (χ3n) is 5.29. The Labute approximate surface area is 229 Å². The molecule has 1 atom stereocenters. The molecule has 1 aliphatic rings. The lowest BCUT2D eigenvalue weighted by Crippen LogP contribution is -2.18. The molecule has 0 saturated heterocycles. The van der Waals surface area contributed by atoms with Crippen molar-refractivity contribution in [2.24, 2.45) is 11.8 Å². The van der Waals surface area contributed by atoms with Crippen LogP contribution in [-0.4, -0.2) is 4.98 Å². The second-order valence-corrected chi connectivity index (χ2v) is 10.2. The van der Waals surface area contributed by atoms with Crippen LogP contribution in [0.5, 0.6) is 0 Å². The lowest BCUT2D eigenvalue weighted by atomic mass is 9.98. The zero-order valence-corrected chi connectivity index (χ0v) is 25.2. The summed E-state index contributed by atoms with van der Waals surface area (Å²) in [6, 6.07) is 10.3. The van der Waals surface area contributed by atoms with Crippen LogP contribution >= 0.6 is 0 Å². The highest BCUT2D eigenvalue weighted by atomic mass is 15.2. The van der Waals surface area contributed by atoms with E-state index in [-0.39, 0.29) is 0 Å². The van der Waals surface area contributed by atoms with E-state index in [2.05, 4.69) is 116 Å². The summed E-state index contributed by atoms with van der Waals surface area (Å²) >= 11 is 0. The van der Waals surface area contributed by atoms with Gasteiger partial charge in [0, 0.05) is 29.6 Å². The molecule has 3 rings (SSSR count).